The van der Waals surface area contributed by atoms with Gasteiger partial charge in [0, 0.05) is 5.92 Å². The maximum Gasteiger partial charge on any atom is 0.320 e. The van der Waals surface area contributed by atoms with Crippen molar-refractivity contribution in [1.29, 1.82) is 0 Å². The fraction of sp³-hybridized carbons (Fsp3) is 0.833. The molecule has 0 aromatic heterocycles. The minimum absolute atomic E-state index is 0.259. The molecule has 4 nitrogen and oxygen atoms in total. The molecule has 0 rings (SSSR count). The number of rotatable bonds is 5. The highest BCUT2D eigenvalue weighted by molar-refractivity contribution is 5.73. The van der Waals surface area contributed by atoms with Crippen LogP contribution in [-0.4, -0.2) is 30.3 Å². The van der Waals surface area contributed by atoms with Crippen LogP contribution in [0.5, 0.6) is 0 Å². The monoisotopic (exact) mass is 164 g/mol. The molecule has 0 aliphatic carbocycles. The van der Waals surface area contributed by atoms with E-state index in [2.05, 4.69) is 0 Å². The second-order valence-corrected chi connectivity index (χ2v) is 2.36. The van der Waals surface area contributed by atoms with Gasteiger partial charge in [-0.25, -0.2) is 0 Å². The highest BCUT2D eigenvalue weighted by atomic mass is 19.1. The van der Waals surface area contributed by atoms with Gasteiger partial charge < -0.3 is 16.6 Å². The number of hydrogen-bond acceptors (Lipinski definition) is 3. The molecule has 0 bridgehead atoms. The van der Waals surface area contributed by atoms with Gasteiger partial charge >= 0.3 is 5.97 Å². The number of carboxylic acids is 1. The van der Waals surface area contributed by atoms with Gasteiger partial charge in [0.15, 0.2) is 0 Å². The van der Waals surface area contributed by atoms with E-state index in [0.717, 1.165) is 0 Å². The Labute approximate surface area is 64.4 Å². The molecule has 5 heteroatoms. The molecule has 0 aliphatic heterocycles. The molecule has 2 atom stereocenters. The Hall–Kier alpha value is -0.680. The Morgan fingerprint density at radius 1 is 1.64 bits per heavy atom. The molecular formula is C6H13FN2O2. The second kappa shape index (κ2) is 5.03. The molecule has 0 fully saturated rings. The first kappa shape index (κ1) is 10.3. The van der Waals surface area contributed by atoms with Crippen molar-refractivity contribution < 1.29 is 14.3 Å². The molecule has 11 heavy (non-hydrogen) atoms. The molecule has 0 aromatic rings. The molecule has 0 aliphatic rings. The van der Waals surface area contributed by atoms with Gasteiger partial charge in [0.25, 0.3) is 0 Å². The first-order valence-corrected chi connectivity index (χ1v) is 3.38. The van der Waals surface area contributed by atoms with Crippen LogP contribution in [0.2, 0.25) is 0 Å². The molecule has 66 valence electrons. The van der Waals surface area contributed by atoms with Gasteiger partial charge in [-0.05, 0) is 13.0 Å². The van der Waals surface area contributed by atoms with E-state index in [1.165, 1.54) is 0 Å². The maximum atomic E-state index is 12.1. The maximum absolute atomic E-state index is 12.1. The number of nitrogens with two attached hydrogens (primary N) is 2. The van der Waals surface area contributed by atoms with Crippen LogP contribution in [0.1, 0.15) is 6.42 Å². The van der Waals surface area contributed by atoms with Crippen molar-refractivity contribution in [2.24, 2.45) is 17.4 Å². The van der Waals surface area contributed by atoms with Gasteiger partial charge in [-0.1, -0.05) is 0 Å². The van der Waals surface area contributed by atoms with Crippen LogP contribution in [0.25, 0.3) is 0 Å². The van der Waals surface area contributed by atoms with Gasteiger partial charge in [-0.3, -0.25) is 9.18 Å². The average molecular weight is 164 g/mol. The summed E-state index contributed by atoms with van der Waals surface area (Å²) in [6, 6.07) is -1.14. The summed E-state index contributed by atoms with van der Waals surface area (Å²) >= 11 is 0. The van der Waals surface area contributed by atoms with E-state index < -0.39 is 24.6 Å². The fourth-order valence-electron chi connectivity index (χ4n) is 0.768. The van der Waals surface area contributed by atoms with Crippen molar-refractivity contribution in [3.05, 3.63) is 0 Å². The van der Waals surface area contributed by atoms with Crippen LogP contribution in [0.15, 0.2) is 0 Å². The number of halogens is 1. The molecule has 0 heterocycles. The lowest BCUT2D eigenvalue weighted by molar-refractivity contribution is -0.140. The highest BCUT2D eigenvalue weighted by Crippen LogP contribution is 2.07. The van der Waals surface area contributed by atoms with Crippen molar-refractivity contribution in [1.82, 2.24) is 0 Å². The molecular weight excluding hydrogens is 151 g/mol. The van der Waals surface area contributed by atoms with Crippen LogP contribution < -0.4 is 11.5 Å². The molecule has 0 saturated heterocycles. The van der Waals surface area contributed by atoms with Gasteiger partial charge in [0.1, 0.15) is 6.04 Å². The largest absolute Gasteiger partial charge is 0.480 e. The number of aliphatic carboxylic acids is 1. The van der Waals surface area contributed by atoms with Crippen molar-refractivity contribution in [2.45, 2.75) is 12.5 Å². The average Bonchev–Trinajstić information content (AvgIpc) is 1.98. The molecule has 0 aromatic carbocycles. The lowest BCUT2D eigenvalue weighted by Gasteiger charge is -2.15. The third-order valence-corrected chi connectivity index (χ3v) is 1.53. The minimum Gasteiger partial charge on any atom is -0.480 e. The molecule has 0 spiro atoms. The highest BCUT2D eigenvalue weighted by Gasteiger charge is 2.22. The molecule has 0 amide bonds. The predicted molar refractivity (Wildman–Crippen MR) is 38.7 cm³/mol. The molecule has 0 radical (unpaired) electrons. The quantitative estimate of drug-likeness (QED) is 0.503. The van der Waals surface area contributed by atoms with E-state index in [-0.39, 0.29) is 6.54 Å². The lowest BCUT2D eigenvalue weighted by atomic mass is 9.99. The van der Waals surface area contributed by atoms with Gasteiger partial charge in [-0.15, -0.1) is 0 Å². The minimum atomic E-state index is -1.18. The smallest absolute Gasteiger partial charge is 0.320 e. The van der Waals surface area contributed by atoms with Crippen molar-refractivity contribution >= 4 is 5.97 Å². The predicted octanol–water partition coefficient (Wildman–Crippen LogP) is -0.667. The fourth-order valence-corrected chi connectivity index (χ4v) is 0.768. The Morgan fingerprint density at radius 3 is 2.45 bits per heavy atom. The van der Waals surface area contributed by atoms with Crippen LogP contribution in [0, 0.1) is 5.92 Å². The summed E-state index contributed by atoms with van der Waals surface area (Å²) in [5, 5.41) is 8.38. The first-order valence-electron chi connectivity index (χ1n) is 3.38. The summed E-state index contributed by atoms with van der Waals surface area (Å²) in [6.07, 6.45) is 0.309. The number of alkyl halides is 1. The number of carbonyl (C=O) groups is 1. The summed E-state index contributed by atoms with van der Waals surface area (Å²) in [4.78, 5) is 10.2. The zero-order chi connectivity index (χ0) is 8.85. The molecule has 0 saturated carbocycles. The molecule has 5 N–H and O–H groups in total. The van der Waals surface area contributed by atoms with E-state index >= 15 is 0 Å². The summed E-state index contributed by atoms with van der Waals surface area (Å²) in [5.41, 5.74) is 10.3. The SMILES string of the molecule is NCCC(CF)[C@H](N)C(=O)O. The zero-order valence-electron chi connectivity index (χ0n) is 6.16. The van der Waals surface area contributed by atoms with Crippen molar-refractivity contribution in [3.63, 3.8) is 0 Å². The summed E-state index contributed by atoms with van der Waals surface area (Å²) in [7, 11) is 0. The Kier molecular flexibility index (Phi) is 4.72. The van der Waals surface area contributed by atoms with Gasteiger partial charge in [-0.2, -0.15) is 0 Å². The lowest BCUT2D eigenvalue weighted by Crippen LogP contribution is -2.40. The standard InChI is InChI=1S/C6H13FN2O2/c7-3-4(1-2-8)5(9)6(10)11/h4-5H,1-3,8-9H2,(H,10,11)/t4?,5-/m0/s1. The third kappa shape index (κ3) is 3.29. The van der Waals surface area contributed by atoms with Crippen LogP contribution in [0.4, 0.5) is 4.39 Å². The van der Waals surface area contributed by atoms with Crippen molar-refractivity contribution in [2.75, 3.05) is 13.2 Å². The zero-order valence-corrected chi connectivity index (χ0v) is 6.16. The van der Waals surface area contributed by atoms with E-state index in [1.54, 1.807) is 0 Å². The van der Waals surface area contributed by atoms with E-state index in [0.29, 0.717) is 6.42 Å². The topological polar surface area (TPSA) is 89.3 Å². The summed E-state index contributed by atoms with van der Waals surface area (Å²) < 4.78 is 12.1. The van der Waals surface area contributed by atoms with E-state index in [1.807, 2.05) is 0 Å². The van der Waals surface area contributed by atoms with Crippen LogP contribution in [0.3, 0.4) is 0 Å². The van der Waals surface area contributed by atoms with Gasteiger partial charge in [0.05, 0.1) is 6.67 Å². The van der Waals surface area contributed by atoms with Crippen molar-refractivity contribution in [3.8, 4) is 0 Å². The first-order chi connectivity index (χ1) is 5.13. The van der Waals surface area contributed by atoms with Gasteiger partial charge in [0.2, 0.25) is 0 Å². The number of carboxylic acid groups (broad SMARTS) is 1. The van der Waals surface area contributed by atoms with Crippen LogP contribution in [-0.2, 0) is 4.79 Å². The Bertz CT molecular complexity index is 132. The Morgan fingerprint density at radius 2 is 2.18 bits per heavy atom. The summed E-state index contributed by atoms with van der Waals surface area (Å²) in [5.74, 6) is -1.83. The molecule has 1 unspecified atom stereocenters. The second-order valence-electron chi connectivity index (χ2n) is 2.36. The number of hydrogen-bond donors (Lipinski definition) is 3. The Balaban J connectivity index is 3.91. The summed E-state index contributed by atoms with van der Waals surface area (Å²) in [6.45, 7) is -0.472. The van der Waals surface area contributed by atoms with E-state index in [4.69, 9.17) is 16.6 Å². The van der Waals surface area contributed by atoms with Crippen LogP contribution >= 0.6 is 0 Å². The normalized spacial score (nSPS) is 15.9. The third-order valence-electron chi connectivity index (χ3n) is 1.53. The van der Waals surface area contributed by atoms with E-state index in [9.17, 15) is 9.18 Å².